The van der Waals surface area contributed by atoms with E-state index in [0.717, 1.165) is 5.39 Å². The van der Waals surface area contributed by atoms with Gasteiger partial charge >= 0.3 is 5.97 Å². The molecule has 0 bridgehead atoms. The highest BCUT2D eigenvalue weighted by molar-refractivity contribution is 5.97. The molecule has 1 heterocycles. The summed E-state index contributed by atoms with van der Waals surface area (Å²) in [4.78, 5) is 15.6. The third kappa shape index (κ3) is 1.99. The van der Waals surface area contributed by atoms with E-state index in [1.165, 1.54) is 7.11 Å². The fourth-order valence-electron chi connectivity index (χ4n) is 1.55. The zero-order valence-electron chi connectivity index (χ0n) is 9.56. The summed E-state index contributed by atoms with van der Waals surface area (Å²) < 4.78 is 9.70. The Hall–Kier alpha value is -2.30. The number of nitrogens with two attached hydrogens (primary N) is 1. The van der Waals surface area contributed by atoms with Crippen molar-refractivity contribution in [3.8, 4) is 5.75 Å². The number of fused-ring (bicyclic) bond motifs is 1. The third-order valence-corrected chi connectivity index (χ3v) is 2.43. The van der Waals surface area contributed by atoms with E-state index < -0.39 is 5.97 Å². The molecule has 2 rings (SSSR count). The number of aromatic nitrogens is 1. The lowest BCUT2D eigenvalue weighted by atomic mass is 10.1. The van der Waals surface area contributed by atoms with Crippen molar-refractivity contribution in [3.05, 3.63) is 30.0 Å². The first-order valence-electron chi connectivity index (χ1n) is 4.98. The van der Waals surface area contributed by atoms with Crippen LogP contribution in [0.1, 0.15) is 10.5 Å². The van der Waals surface area contributed by atoms with Crippen molar-refractivity contribution >= 4 is 22.6 Å². The molecule has 0 aliphatic heterocycles. The third-order valence-electron chi connectivity index (χ3n) is 2.43. The van der Waals surface area contributed by atoms with Crippen LogP contribution in [-0.4, -0.2) is 25.2 Å². The lowest BCUT2D eigenvalue weighted by molar-refractivity contribution is 0.0596. The summed E-state index contributed by atoms with van der Waals surface area (Å²) in [6, 6.07) is 7.06. The van der Waals surface area contributed by atoms with Crippen molar-refractivity contribution in [2.75, 3.05) is 20.0 Å². The van der Waals surface area contributed by atoms with Crippen molar-refractivity contribution in [3.63, 3.8) is 0 Å². The van der Waals surface area contributed by atoms with E-state index in [4.69, 9.17) is 10.5 Å². The Morgan fingerprint density at radius 2 is 2.06 bits per heavy atom. The van der Waals surface area contributed by atoms with Gasteiger partial charge in [0.05, 0.1) is 25.4 Å². The number of carbonyl (C=O) groups is 1. The van der Waals surface area contributed by atoms with Crippen LogP contribution in [0.4, 0.5) is 5.69 Å². The van der Waals surface area contributed by atoms with Crippen LogP contribution in [-0.2, 0) is 4.74 Å². The molecule has 0 radical (unpaired) electrons. The molecular formula is C12H12N2O3. The Morgan fingerprint density at radius 3 is 2.71 bits per heavy atom. The van der Waals surface area contributed by atoms with Gasteiger partial charge in [-0.1, -0.05) is 0 Å². The zero-order chi connectivity index (χ0) is 12.4. The minimum atomic E-state index is -0.549. The van der Waals surface area contributed by atoms with Gasteiger partial charge in [-0.2, -0.15) is 0 Å². The fourth-order valence-corrected chi connectivity index (χ4v) is 1.55. The molecule has 0 saturated heterocycles. The van der Waals surface area contributed by atoms with Crippen molar-refractivity contribution in [2.45, 2.75) is 0 Å². The molecule has 0 aliphatic carbocycles. The number of anilines is 1. The summed E-state index contributed by atoms with van der Waals surface area (Å²) in [7, 11) is 2.86. The van der Waals surface area contributed by atoms with Crippen LogP contribution in [0.3, 0.4) is 0 Å². The van der Waals surface area contributed by atoms with E-state index in [-0.39, 0.29) is 5.69 Å². The van der Waals surface area contributed by atoms with Crippen LogP contribution >= 0.6 is 0 Å². The van der Waals surface area contributed by atoms with Crippen LogP contribution < -0.4 is 10.5 Å². The first kappa shape index (κ1) is 11.2. The quantitative estimate of drug-likeness (QED) is 0.796. The van der Waals surface area contributed by atoms with Gasteiger partial charge in [0.25, 0.3) is 0 Å². The largest absolute Gasteiger partial charge is 0.497 e. The number of hydrogen-bond donors (Lipinski definition) is 1. The van der Waals surface area contributed by atoms with E-state index in [2.05, 4.69) is 9.72 Å². The Kier molecular flexibility index (Phi) is 2.82. The maximum atomic E-state index is 11.4. The van der Waals surface area contributed by atoms with Gasteiger partial charge in [-0.25, -0.2) is 9.78 Å². The second-order valence-corrected chi connectivity index (χ2v) is 3.48. The first-order valence-corrected chi connectivity index (χ1v) is 4.98. The number of hydrogen-bond acceptors (Lipinski definition) is 5. The van der Waals surface area contributed by atoms with Crippen molar-refractivity contribution in [1.82, 2.24) is 4.98 Å². The van der Waals surface area contributed by atoms with Crippen molar-refractivity contribution in [1.29, 1.82) is 0 Å². The summed E-state index contributed by atoms with van der Waals surface area (Å²) >= 11 is 0. The molecule has 88 valence electrons. The van der Waals surface area contributed by atoms with Gasteiger partial charge in [0.15, 0.2) is 5.69 Å². The van der Waals surface area contributed by atoms with Crippen LogP contribution in [0.15, 0.2) is 24.3 Å². The summed E-state index contributed by atoms with van der Waals surface area (Å²) in [5.74, 6) is 0.123. The highest BCUT2D eigenvalue weighted by Gasteiger charge is 2.13. The molecule has 2 aromatic rings. The first-order chi connectivity index (χ1) is 8.15. The molecule has 5 nitrogen and oxygen atoms in total. The molecular weight excluding hydrogens is 220 g/mol. The van der Waals surface area contributed by atoms with Gasteiger partial charge in [-0.3, -0.25) is 0 Å². The Bertz CT molecular complexity index is 581. The molecule has 0 unspecified atom stereocenters. The Labute approximate surface area is 98.2 Å². The van der Waals surface area contributed by atoms with E-state index in [9.17, 15) is 4.79 Å². The van der Waals surface area contributed by atoms with Crippen molar-refractivity contribution < 1.29 is 14.3 Å². The normalized spacial score (nSPS) is 10.2. The van der Waals surface area contributed by atoms with Crippen LogP contribution in [0.2, 0.25) is 0 Å². The highest BCUT2D eigenvalue weighted by Crippen LogP contribution is 2.23. The molecule has 17 heavy (non-hydrogen) atoms. The molecule has 0 aliphatic rings. The minimum Gasteiger partial charge on any atom is -0.497 e. The lowest BCUT2D eigenvalue weighted by Gasteiger charge is -2.06. The van der Waals surface area contributed by atoms with Gasteiger partial charge in [0.1, 0.15) is 5.75 Å². The van der Waals surface area contributed by atoms with E-state index in [1.54, 1.807) is 25.3 Å². The van der Waals surface area contributed by atoms with Gasteiger partial charge in [0, 0.05) is 11.5 Å². The molecule has 2 N–H and O–H groups in total. The average Bonchev–Trinajstić information content (AvgIpc) is 2.36. The molecule has 1 aromatic heterocycles. The number of nitrogens with zero attached hydrogens (tertiary/aromatic N) is 1. The molecule has 0 saturated carbocycles. The number of carbonyl (C=O) groups excluding carboxylic acids is 1. The van der Waals surface area contributed by atoms with E-state index >= 15 is 0 Å². The summed E-state index contributed by atoms with van der Waals surface area (Å²) in [6.45, 7) is 0. The summed E-state index contributed by atoms with van der Waals surface area (Å²) in [5, 5.41) is 0.843. The molecule has 5 heteroatoms. The van der Waals surface area contributed by atoms with Gasteiger partial charge < -0.3 is 15.2 Å². The molecule has 0 atom stereocenters. The number of pyridine rings is 1. The Balaban J connectivity index is 2.64. The standard InChI is InChI=1S/C12H12N2O3/c1-16-8-4-3-7-5-9(13)11(12(15)17-2)14-10(7)6-8/h3-6H,13H2,1-2H3. The summed E-state index contributed by atoms with van der Waals surface area (Å²) in [6.07, 6.45) is 0. The molecule has 1 aromatic carbocycles. The Morgan fingerprint density at radius 1 is 1.29 bits per heavy atom. The molecule has 0 spiro atoms. The highest BCUT2D eigenvalue weighted by atomic mass is 16.5. The molecule has 0 amide bonds. The average molecular weight is 232 g/mol. The number of methoxy groups -OCH3 is 2. The number of nitrogen functional groups attached to an aromatic ring is 1. The second kappa shape index (κ2) is 4.29. The van der Waals surface area contributed by atoms with E-state index in [0.29, 0.717) is 17.0 Å². The smallest absolute Gasteiger partial charge is 0.358 e. The number of rotatable bonds is 2. The predicted molar refractivity (Wildman–Crippen MR) is 64.0 cm³/mol. The number of esters is 1. The number of ether oxygens (including phenoxy) is 2. The van der Waals surface area contributed by atoms with E-state index in [1.807, 2.05) is 6.07 Å². The summed E-state index contributed by atoms with van der Waals surface area (Å²) in [5.41, 5.74) is 6.80. The van der Waals surface area contributed by atoms with Crippen LogP contribution in [0.5, 0.6) is 5.75 Å². The predicted octanol–water partition coefficient (Wildman–Crippen LogP) is 1.61. The SMILES string of the molecule is COC(=O)c1nc2cc(OC)ccc2cc1N. The van der Waals surface area contributed by atoms with Gasteiger partial charge in [-0.05, 0) is 18.2 Å². The monoisotopic (exact) mass is 232 g/mol. The fraction of sp³-hybridized carbons (Fsp3) is 0.167. The van der Waals surface area contributed by atoms with Crippen LogP contribution in [0.25, 0.3) is 10.9 Å². The minimum absolute atomic E-state index is 0.119. The maximum absolute atomic E-state index is 11.4. The lowest BCUT2D eigenvalue weighted by Crippen LogP contribution is -2.08. The molecule has 0 fully saturated rings. The van der Waals surface area contributed by atoms with Gasteiger partial charge in [0.2, 0.25) is 0 Å². The van der Waals surface area contributed by atoms with Crippen LogP contribution in [0, 0.1) is 0 Å². The van der Waals surface area contributed by atoms with Gasteiger partial charge in [-0.15, -0.1) is 0 Å². The maximum Gasteiger partial charge on any atom is 0.358 e. The topological polar surface area (TPSA) is 74.4 Å². The zero-order valence-corrected chi connectivity index (χ0v) is 9.56. The van der Waals surface area contributed by atoms with Crippen molar-refractivity contribution in [2.24, 2.45) is 0 Å². The second-order valence-electron chi connectivity index (χ2n) is 3.48. The number of benzene rings is 1.